The van der Waals surface area contributed by atoms with Gasteiger partial charge in [-0.05, 0) is 30.7 Å². The second-order valence-electron chi connectivity index (χ2n) is 4.73. The quantitative estimate of drug-likeness (QED) is 0.853. The van der Waals surface area contributed by atoms with Gasteiger partial charge < -0.3 is 10.6 Å². The summed E-state index contributed by atoms with van der Waals surface area (Å²) >= 11 is 0. The van der Waals surface area contributed by atoms with Crippen molar-refractivity contribution in [2.24, 2.45) is 0 Å². The Morgan fingerprint density at radius 3 is 2.68 bits per heavy atom. The highest BCUT2D eigenvalue weighted by Crippen LogP contribution is 2.23. The molecule has 0 aliphatic rings. The van der Waals surface area contributed by atoms with Crippen LogP contribution in [0.25, 0.3) is 0 Å². The van der Waals surface area contributed by atoms with Crippen LogP contribution in [0, 0.1) is 18.3 Å². The fourth-order valence-corrected chi connectivity index (χ4v) is 2.15. The summed E-state index contributed by atoms with van der Waals surface area (Å²) in [5.41, 5.74) is 10.3. The SMILES string of the molecule is Cc1cccc(CN(C)c2ccc(N)cc2C#N)c1. The van der Waals surface area contributed by atoms with Crippen molar-refractivity contribution in [1.82, 2.24) is 0 Å². The van der Waals surface area contributed by atoms with E-state index in [1.54, 1.807) is 6.07 Å². The molecule has 0 unspecified atom stereocenters. The van der Waals surface area contributed by atoms with Crippen LogP contribution in [0.4, 0.5) is 11.4 Å². The molecule has 0 aliphatic carbocycles. The molecule has 2 rings (SSSR count). The Kier molecular flexibility index (Phi) is 3.72. The summed E-state index contributed by atoms with van der Waals surface area (Å²) < 4.78 is 0. The first kappa shape index (κ1) is 13.0. The summed E-state index contributed by atoms with van der Waals surface area (Å²) in [6.07, 6.45) is 0. The molecule has 96 valence electrons. The molecule has 0 spiro atoms. The molecule has 0 radical (unpaired) electrons. The van der Waals surface area contributed by atoms with E-state index < -0.39 is 0 Å². The average Bonchev–Trinajstić information content (AvgIpc) is 2.38. The molecule has 0 saturated heterocycles. The summed E-state index contributed by atoms with van der Waals surface area (Å²) in [4.78, 5) is 2.06. The van der Waals surface area contributed by atoms with Gasteiger partial charge in [0.25, 0.3) is 0 Å². The molecule has 3 nitrogen and oxygen atoms in total. The van der Waals surface area contributed by atoms with Gasteiger partial charge in [0.2, 0.25) is 0 Å². The highest BCUT2D eigenvalue weighted by molar-refractivity contribution is 5.64. The first-order valence-electron chi connectivity index (χ1n) is 6.16. The van der Waals surface area contributed by atoms with Crippen LogP contribution in [0.1, 0.15) is 16.7 Å². The van der Waals surface area contributed by atoms with Crippen molar-refractivity contribution in [2.75, 3.05) is 17.7 Å². The summed E-state index contributed by atoms with van der Waals surface area (Å²) in [6, 6.07) is 16.0. The minimum absolute atomic E-state index is 0.607. The molecule has 0 amide bonds. The molecule has 0 bridgehead atoms. The van der Waals surface area contributed by atoms with E-state index in [2.05, 4.69) is 36.1 Å². The third-order valence-corrected chi connectivity index (χ3v) is 3.05. The van der Waals surface area contributed by atoms with Crippen molar-refractivity contribution in [3.05, 3.63) is 59.2 Å². The minimum Gasteiger partial charge on any atom is -0.399 e. The third kappa shape index (κ3) is 3.05. The first-order chi connectivity index (χ1) is 9.10. The van der Waals surface area contributed by atoms with Crippen molar-refractivity contribution in [1.29, 1.82) is 5.26 Å². The molecule has 0 heterocycles. The first-order valence-corrected chi connectivity index (χ1v) is 6.16. The topological polar surface area (TPSA) is 53.0 Å². The van der Waals surface area contributed by atoms with Crippen LogP contribution in [-0.2, 0) is 6.54 Å². The van der Waals surface area contributed by atoms with Gasteiger partial charge in [0, 0.05) is 19.3 Å². The summed E-state index contributed by atoms with van der Waals surface area (Å²) in [5.74, 6) is 0. The lowest BCUT2D eigenvalue weighted by molar-refractivity contribution is 0.919. The minimum atomic E-state index is 0.607. The number of hydrogen-bond acceptors (Lipinski definition) is 3. The molecule has 2 aromatic carbocycles. The van der Waals surface area contributed by atoms with E-state index in [4.69, 9.17) is 11.0 Å². The van der Waals surface area contributed by atoms with Crippen molar-refractivity contribution >= 4 is 11.4 Å². The average molecular weight is 251 g/mol. The predicted octanol–water partition coefficient (Wildman–Crippen LogP) is 3.09. The van der Waals surface area contributed by atoms with Crippen LogP contribution in [0.15, 0.2) is 42.5 Å². The number of nitrogen functional groups attached to an aromatic ring is 1. The molecule has 2 aromatic rings. The lowest BCUT2D eigenvalue weighted by Gasteiger charge is -2.21. The van der Waals surface area contributed by atoms with Gasteiger partial charge >= 0.3 is 0 Å². The highest BCUT2D eigenvalue weighted by Gasteiger charge is 2.08. The summed E-state index contributed by atoms with van der Waals surface area (Å²) in [6.45, 7) is 2.84. The number of rotatable bonds is 3. The molecule has 0 aliphatic heterocycles. The Labute approximate surface area is 113 Å². The van der Waals surface area contributed by atoms with E-state index in [9.17, 15) is 0 Å². The molecule has 0 fully saturated rings. The fourth-order valence-electron chi connectivity index (χ4n) is 2.15. The Morgan fingerprint density at radius 2 is 2.00 bits per heavy atom. The van der Waals surface area contributed by atoms with Gasteiger partial charge in [-0.15, -0.1) is 0 Å². The number of nitrogens with two attached hydrogens (primary N) is 1. The van der Waals surface area contributed by atoms with Gasteiger partial charge in [0.1, 0.15) is 6.07 Å². The third-order valence-electron chi connectivity index (χ3n) is 3.05. The standard InChI is InChI=1S/C16H17N3/c1-12-4-3-5-13(8-12)11-19(2)16-7-6-15(18)9-14(16)10-17/h3-9H,11,18H2,1-2H3. The molecule has 0 saturated carbocycles. The Hall–Kier alpha value is -2.47. The molecule has 0 aromatic heterocycles. The zero-order valence-electron chi connectivity index (χ0n) is 11.2. The Bertz CT molecular complexity index is 626. The second kappa shape index (κ2) is 5.45. The molecule has 2 N–H and O–H groups in total. The summed E-state index contributed by atoms with van der Waals surface area (Å²) in [7, 11) is 1.98. The Morgan fingerprint density at radius 1 is 1.21 bits per heavy atom. The van der Waals surface area contributed by atoms with Gasteiger partial charge in [0.05, 0.1) is 11.3 Å². The van der Waals surface area contributed by atoms with E-state index in [1.165, 1.54) is 11.1 Å². The van der Waals surface area contributed by atoms with Crippen LogP contribution in [0.3, 0.4) is 0 Å². The largest absolute Gasteiger partial charge is 0.399 e. The smallest absolute Gasteiger partial charge is 0.101 e. The monoisotopic (exact) mass is 251 g/mol. The number of nitrogens with zero attached hydrogens (tertiary/aromatic N) is 2. The zero-order valence-corrected chi connectivity index (χ0v) is 11.2. The normalized spacial score (nSPS) is 9.95. The molecule has 19 heavy (non-hydrogen) atoms. The van der Waals surface area contributed by atoms with E-state index >= 15 is 0 Å². The van der Waals surface area contributed by atoms with Crippen LogP contribution in [0.2, 0.25) is 0 Å². The molecule has 3 heteroatoms. The van der Waals surface area contributed by atoms with E-state index in [0.717, 1.165) is 12.2 Å². The number of hydrogen-bond donors (Lipinski definition) is 1. The van der Waals surface area contributed by atoms with Gasteiger partial charge in [-0.25, -0.2) is 0 Å². The molecular formula is C16H17N3. The van der Waals surface area contributed by atoms with Crippen LogP contribution >= 0.6 is 0 Å². The lowest BCUT2D eigenvalue weighted by Crippen LogP contribution is -2.17. The van der Waals surface area contributed by atoms with Crippen molar-refractivity contribution in [3.63, 3.8) is 0 Å². The number of anilines is 2. The maximum Gasteiger partial charge on any atom is 0.101 e. The second-order valence-corrected chi connectivity index (χ2v) is 4.73. The van der Waals surface area contributed by atoms with Gasteiger partial charge in [0.15, 0.2) is 0 Å². The van der Waals surface area contributed by atoms with Crippen LogP contribution in [0.5, 0.6) is 0 Å². The van der Waals surface area contributed by atoms with E-state index in [-0.39, 0.29) is 0 Å². The number of aryl methyl sites for hydroxylation is 1. The fraction of sp³-hybridized carbons (Fsp3) is 0.188. The van der Waals surface area contributed by atoms with Gasteiger partial charge in [-0.2, -0.15) is 5.26 Å². The number of nitriles is 1. The van der Waals surface area contributed by atoms with Crippen LogP contribution < -0.4 is 10.6 Å². The molecule has 0 atom stereocenters. The highest BCUT2D eigenvalue weighted by atomic mass is 15.1. The van der Waals surface area contributed by atoms with E-state index in [0.29, 0.717) is 11.3 Å². The van der Waals surface area contributed by atoms with Crippen molar-refractivity contribution in [2.45, 2.75) is 13.5 Å². The van der Waals surface area contributed by atoms with E-state index in [1.807, 2.05) is 25.2 Å². The van der Waals surface area contributed by atoms with Crippen LogP contribution in [-0.4, -0.2) is 7.05 Å². The lowest BCUT2D eigenvalue weighted by atomic mass is 10.1. The van der Waals surface area contributed by atoms with Gasteiger partial charge in [-0.3, -0.25) is 0 Å². The van der Waals surface area contributed by atoms with Gasteiger partial charge in [-0.1, -0.05) is 29.8 Å². The van der Waals surface area contributed by atoms with Crippen molar-refractivity contribution < 1.29 is 0 Å². The number of benzene rings is 2. The Balaban J connectivity index is 2.25. The summed E-state index contributed by atoms with van der Waals surface area (Å²) in [5, 5.41) is 9.17. The zero-order chi connectivity index (χ0) is 13.8. The molecular weight excluding hydrogens is 234 g/mol. The predicted molar refractivity (Wildman–Crippen MR) is 78.9 cm³/mol. The maximum absolute atomic E-state index is 9.17. The van der Waals surface area contributed by atoms with Crippen molar-refractivity contribution in [3.8, 4) is 6.07 Å². The maximum atomic E-state index is 9.17.